The Hall–Kier alpha value is -0.0805. The maximum atomic E-state index is 8.24. The van der Waals surface area contributed by atoms with Crippen LogP contribution in [0.5, 0.6) is 0 Å². The minimum atomic E-state index is -2.24. The van der Waals surface area contributed by atoms with Gasteiger partial charge in [-0.05, 0) is 24.3 Å². The van der Waals surface area contributed by atoms with Gasteiger partial charge in [-0.2, -0.15) is 0 Å². The number of diazo groups is 2. The van der Waals surface area contributed by atoms with Crippen LogP contribution in [0.2, 0.25) is 0 Å². The van der Waals surface area contributed by atoms with E-state index in [2.05, 4.69) is 41.8 Å². The van der Waals surface area contributed by atoms with Crippen LogP contribution in [-0.2, 0) is 9.20 Å². The molecule has 0 bridgehead atoms. The third-order valence-corrected chi connectivity index (χ3v) is 2.94. The molecule has 2 aromatic rings. The number of hydrogen-bond donors (Lipinski definition) is 0. The molecule has 2 rings (SSSR count). The molecule has 23 heavy (non-hydrogen) atoms. The van der Waals surface area contributed by atoms with Crippen molar-refractivity contribution in [2.24, 2.45) is 0 Å². The Kier molecular flexibility index (Phi) is 12.3. The van der Waals surface area contributed by atoms with Crippen molar-refractivity contribution >= 4 is 83.6 Å². The minimum absolute atomic E-state index is 0.568. The molecule has 0 aliphatic heterocycles. The average Bonchev–Trinajstić information content (AvgIpc) is 2.48. The summed E-state index contributed by atoms with van der Waals surface area (Å²) in [5.74, 6) is 0. The fourth-order valence-electron chi connectivity index (χ4n) is 1.02. The molecule has 0 saturated carbocycles. The van der Waals surface area contributed by atoms with Crippen molar-refractivity contribution in [3.8, 4) is 0 Å². The van der Waals surface area contributed by atoms with Crippen molar-refractivity contribution in [2.75, 3.05) is 0 Å². The van der Waals surface area contributed by atoms with E-state index >= 15 is 0 Å². The fourth-order valence-corrected chi connectivity index (χ4v) is 1.54. The summed E-state index contributed by atoms with van der Waals surface area (Å²) in [5, 5.41) is 16.5. The molecule has 0 spiro atoms. The zero-order chi connectivity index (χ0) is 17.9. The second kappa shape index (κ2) is 12.3. The average molecular weight is 573 g/mol. The van der Waals surface area contributed by atoms with Crippen molar-refractivity contribution in [2.45, 2.75) is 0 Å². The first-order chi connectivity index (χ1) is 10.7. The van der Waals surface area contributed by atoms with Crippen LogP contribution in [0.3, 0.4) is 0 Å². The normalized spacial score (nSPS) is 9.91. The van der Waals surface area contributed by atoms with Crippen LogP contribution in [0.1, 0.15) is 0 Å². The van der Waals surface area contributed by atoms with E-state index in [0.29, 0.717) is 11.4 Å². The molecule has 11 heteroatoms. The van der Waals surface area contributed by atoms with Gasteiger partial charge >= 0.3 is 61.0 Å². The summed E-state index contributed by atoms with van der Waals surface area (Å²) in [6.45, 7) is 0. The van der Waals surface area contributed by atoms with Crippen LogP contribution in [0.15, 0.2) is 57.5 Å². The third kappa shape index (κ3) is 15.2. The van der Waals surface area contributed by atoms with Crippen molar-refractivity contribution < 1.29 is 9.20 Å². The van der Waals surface area contributed by atoms with E-state index < -0.39 is 9.20 Å². The summed E-state index contributed by atoms with van der Waals surface area (Å²) in [5.41, 5.74) is 1.14. The third-order valence-electron chi connectivity index (χ3n) is 1.88. The van der Waals surface area contributed by atoms with E-state index in [1.165, 1.54) is 0 Å². The number of hydrogen-bond acceptors (Lipinski definition) is 2. The molecule has 0 aromatic heterocycles. The van der Waals surface area contributed by atoms with Gasteiger partial charge in [0.25, 0.3) is 0 Å². The predicted molar refractivity (Wildman–Crippen MR) is 101 cm³/mol. The molecule has 0 radical (unpaired) electrons. The van der Waals surface area contributed by atoms with Gasteiger partial charge in [0, 0.05) is 33.2 Å². The molecule has 0 amide bonds. The summed E-state index contributed by atoms with van der Waals surface area (Å²) in [6, 6.07) is 14.1. The Balaban J connectivity index is 0.000000332. The van der Waals surface area contributed by atoms with Crippen LogP contribution in [-0.4, -0.2) is 0 Å². The van der Waals surface area contributed by atoms with Crippen LogP contribution >= 0.6 is 72.3 Å². The summed E-state index contributed by atoms with van der Waals surface area (Å²) >= 11 is 6.50. The molecule has 4 nitrogen and oxygen atoms in total. The van der Waals surface area contributed by atoms with Crippen molar-refractivity contribution in [1.29, 1.82) is 10.8 Å². The predicted octanol–water partition coefficient (Wildman–Crippen LogP) is 8.62. The van der Waals surface area contributed by atoms with Gasteiger partial charge in [-0.25, -0.2) is 0 Å². The molecule has 129 valence electrons. The van der Waals surface area contributed by atoms with E-state index in [9.17, 15) is 0 Å². The molecule has 0 heterocycles. The Morgan fingerprint density at radius 1 is 0.652 bits per heavy atom. The first-order valence-electron chi connectivity index (χ1n) is 5.32. The maximum absolute atomic E-state index is 8.24. The van der Waals surface area contributed by atoms with Crippen molar-refractivity contribution in [1.82, 2.24) is 0 Å². The molecule has 2 aromatic carbocycles. The van der Waals surface area contributed by atoms with E-state index in [1.54, 1.807) is 24.3 Å². The van der Waals surface area contributed by atoms with Crippen molar-refractivity contribution in [3.63, 3.8) is 0 Å². The SMILES string of the molecule is N#[N+]c1ccc(Br)cc1.N#[N+]c1ccc(Br)cc1.[Cl][Cu-2]([Cl])([Cl])[Cl]. The van der Waals surface area contributed by atoms with E-state index in [-0.39, 0.29) is 0 Å². The van der Waals surface area contributed by atoms with Gasteiger partial charge in [-0.3, -0.25) is 0 Å². The number of nitrogens with zero attached hydrogens (tertiary/aromatic N) is 4. The molecule has 0 unspecified atom stereocenters. The van der Waals surface area contributed by atoms with Crippen LogP contribution in [0.4, 0.5) is 11.4 Å². The number of halogens is 6. The summed E-state index contributed by atoms with van der Waals surface area (Å²) in [7, 11) is 17.4. The summed E-state index contributed by atoms with van der Waals surface area (Å²) in [6.07, 6.45) is 0. The Morgan fingerprint density at radius 3 is 1.04 bits per heavy atom. The molecule has 0 saturated heterocycles. The molecular formula is C12H8Br2Cl4CuN4. The van der Waals surface area contributed by atoms with Crippen LogP contribution < -0.4 is 0 Å². The van der Waals surface area contributed by atoms with Gasteiger partial charge in [0.05, 0.1) is 0 Å². The first kappa shape index (κ1) is 22.9. The second-order valence-corrected chi connectivity index (χ2v) is 14.6. The monoisotopic (exact) mass is 569 g/mol. The fraction of sp³-hybridized carbons (Fsp3) is 0. The zero-order valence-electron chi connectivity index (χ0n) is 11.0. The van der Waals surface area contributed by atoms with Gasteiger partial charge < -0.3 is 0 Å². The second-order valence-electron chi connectivity index (χ2n) is 3.41. The molecule has 0 aliphatic carbocycles. The summed E-state index contributed by atoms with van der Waals surface area (Å²) < 4.78 is 1.96. The summed E-state index contributed by atoms with van der Waals surface area (Å²) in [4.78, 5) is 5.98. The van der Waals surface area contributed by atoms with Gasteiger partial charge in [0.2, 0.25) is 10.8 Å². The first-order valence-corrected chi connectivity index (χ1v) is 12.1. The molecule has 0 fully saturated rings. The van der Waals surface area contributed by atoms with Crippen LogP contribution in [0.25, 0.3) is 9.95 Å². The number of benzene rings is 2. The topological polar surface area (TPSA) is 56.3 Å². The van der Waals surface area contributed by atoms with E-state index in [4.69, 9.17) is 51.2 Å². The number of rotatable bonds is 0. The Morgan fingerprint density at radius 2 is 0.870 bits per heavy atom. The Labute approximate surface area is 169 Å². The molecular weight excluding hydrogens is 565 g/mol. The van der Waals surface area contributed by atoms with E-state index in [0.717, 1.165) is 8.95 Å². The standard InChI is InChI=1S/2C6H4BrN2.4ClH.Cu/c2*7-5-1-3-6(9-8)4-2-5;;;;;/h2*1-4H;4*1H;/q2*+1;;;;;+2/p-4. The van der Waals surface area contributed by atoms with Gasteiger partial charge in [-0.1, -0.05) is 31.9 Å². The molecule has 0 N–H and O–H groups in total. The van der Waals surface area contributed by atoms with E-state index in [1.807, 2.05) is 24.3 Å². The van der Waals surface area contributed by atoms with Crippen LogP contribution in [0, 0.1) is 10.8 Å². The Bertz CT molecular complexity index is 617. The quantitative estimate of drug-likeness (QED) is 0.234. The van der Waals surface area contributed by atoms with Gasteiger partial charge in [0.1, 0.15) is 0 Å². The molecule has 0 atom stereocenters. The van der Waals surface area contributed by atoms with Crippen molar-refractivity contribution in [3.05, 3.63) is 67.4 Å². The van der Waals surface area contributed by atoms with Gasteiger partial charge in [-0.15, -0.1) is 0 Å². The van der Waals surface area contributed by atoms with Gasteiger partial charge in [0.15, 0.2) is 9.95 Å². The molecule has 0 aliphatic rings. The zero-order valence-corrected chi connectivity index (χ0v) is 18.1.